The van der Waals surface area contributed by atoms with Crippen LogP contribution in [0.5, 0.6) is 0 Å². The highest BCUT2D eigenvalue weighted by Gasteiger charge is 2.34. The minimum atomic E-state index is -2.23. The Morgan fingerprint density at radius 2 is 1.75 bits per heavy atom. The first-order chi connectivity index (χ1) is 15.0. The lowest BCUT2D eigenvalue weighted by Crippen LogP contribution is -2.44. The van der Waals surface area contributed by atoms with E-state index in [0.717, 1.165) is 6.08 Å². The van der Waals surface area contributed by atoms with Crippen LogP contribution < -0.4 is 16.4 Å². The van der Waals surface area contributed by atoms with E-state index >= 15 is 4.39 Å². The summed E-state index contributed by atoms with van der Waals surface area (Å²) in [5.41, 5.74) is 6.75. The molecule has 1 rings (SSSR count). The fraction of sp³-hybridized carbons (Fsp3) is 0.545. The van der Waals surface area contributed by atoms with E-state index in [1.54, 1.807) is 38.1 Å². The largest absolute Gasteiger partial charge is 0.392 e. The third kappa shape index (κ3) is 11.0. The number of aliphatic hydroxyl groups is 1. The van der Waals surface area contributed by atoms with Gasteiger partial charge in [-0.3, -0.25) is 9.59 Å². The Morgan fingerprint density at radius 3 is 2.19 bits per heavy atom. The van der Waals surface area contributed by atoms with Gasteiger partial charge in [0.05, 0.1) is 18.6 Å². The predicted octanol–water partition coefficient (Wildman–Crippen LogP) is 4.86. The maximum absolute atomic E-state index is 15.0. The van der Waals surface area contributed by atoms with Gasteiger partial charge >= 0.3 is 0 Å². The molecule has 5 N–H and O–H groups in total. The molecule has 1 aromatic carbocycles. The SMILES string of the molecule is CC.CC(C)C(NC(=O)C(Cl)(Cl)Cl)/C(F)=C/C(CCCN)C(=O)Nc1ccc(CO)cc1. The molecule has 2 atom stereocenters. The van der Waals surface area contributed by atoms with Gasteiger partial charge in [0.2, 0.25) is 5.91 Å². The van der Waals surface area contributed by atoms with E-state index in [4.69, 9.17) is 45.6 Å². The van der Waals surface area contributed by atoms with Crippen LogP contribution in [0.1, 0.15) is 46.1 Å². The van der Waals surface area contributed by atoms with E-state index in [1.165, 1.54) is 0 Å². The van der Waals surface area contributed by atoms with Gasteiger partial charge in [-0.2, -0.15) is 0 Å². The zero-order chi connectivity index (χ0) is 24.9. The highest BCUT2D eigenvalue weighted by Crippen LogP contribution is 2.28. The molecular formula is C22H33Cl3FN3O3. The molecule has 0 fully saturated rings. The van der Waals surface area contributed by atoms with Gasteiger partial charge in [-0.05, 0) is 49.1 Å². The van der Waals surface area contributed by atoms with Crippen LogP contribution in [0.2, 0.25) is 0 Å². The van der Waals surface area contributed by atoms with Crippen molar-refractivity contribution in [2.75, 3.05) is 11.9 Å². The summed E-state index contributed by atoms with van der Waals surface area (Å²) in [5.74, 6) is -3.27. The van der Waals surface area contributed by atoms with E-state index < -0.39 is 33.4 Å². The first-order valence-corrected chi connectivity index (χ1v) is 11.6. The lowest BCUT2D eigenvalue weighted by atomic mass is 9.96. The van der Waals surface area contributed by atoms with E-state index in [2.05, 4.69) is 10.6 Å². The molecule has 0 aromatic heterocycles. The monoisotopic (exact) mass is 511 g/mol. The summed E-state index contributed by atoms with van der Waals surface area (Å²) in [4.78, 5) is 24.7. The minimum Gasteiger partial charge on any atom is -0.392 e. The Hall–Kier alpha value is -1.38. The normalized spacial score (nSPS) is 13.7. The molecule has 0 saturated heterocycles. The number of halogens is 4. The van der Waals surface area contributed by atoms with Crippen molar-refractivity contribution in [2.45, 2.75) is 57.0 Å². The van der Waals surface area contributed by atoms with Crippen LogP contribution in [-0.2, 0) is 16.2 Å². The first-order valence-electron chi connectivity index (χ1n) is 10.4. The van der Waals surface area contributed by atoms with Crippen LogP contribution in [0.15, 0.2) is 36.2 Å². The number of benzene rings is 1. The van der Waals surface area contributed by atoms with Gasteiger partial charge in [-0.1, -0.05) is 74.6 Å². The number of nitrogens with one attached hydrogen (secondary N) is 2. The number of carbonyl (C=O) groups is 2. The van der Waals surface area contributed by atoms with Gasteiger partial charge in [0, 0.05) is 5.69 Å². The molecule has 182 valence electrons. The minimum absolute atomic E-state index is 0.113. The van der Waals surface area contributed by atoms with Gasteiger partial charge in [0.1, 0.15) is 5.83 Å². The molecule has 2 amide bonds. The summed E-state index contributed by atoms with van der Waals surface area (Å²) < 4.78 is 12.8. The fourth-order valence-corrected chi connectivity index (χ4v) is 2.79. The molecule has 32 heavy (non-hydrogen) atoms. The molecule has 0 saturated carbocycles. The van der Waals surface area contributed by atoms with Gasteiger partial charge in [0.15, 0.2) is 0 Å². The lowest BCUT2D eigenvalue weighted by Gasteiger charge is -2.24. The zero-order valence-electron chi connectivity index (χ0n) is 18.8. The van der Waals surface area contributed by atoms with Gasteiger partial charge < -0.3 is 21.5 Å². The van der Waals surface area contributed by atoms with Crippen molar-refractivity contribution in [3.05, 3.63) is 41.7 Å². The Balaban J connectivity index is 0.00000466. The Labute approximate surface area is 204 Å². The third-order valence-electron chi connectivity index (χ3n) is 4.33. The maximum Gasteiger partial charge on any atom is 0.272 e. The quantitative estimate of drug-likeness (QED) is 0.336. The Bertz CT molecular complexity index is 738. The molecule has 0 aliphatic rings. The van der Waals surface area contributed by atoms with Gasteiger partial charge in [0.25, 0.3) is 9.70 Å². The number of carbonyl (C=O) groups excluding carboxylic acids is 2. The average Bonchev–Trinajstić information content (AvgIpc) is 2.75. The predicted molar refractivity (Wildman–Crippen MR) is 130 cm³/mol. The lowest BCUT2D eigenvalue weighted by molar-refractivity contribution is -0.121. The molecule has 6 nitrogen and oxygen atoms in total. The third-order valence-corrected chi connectivity index (χ3v) is 4.84. The van der Waals surface area contributed by atoms with Crippen molar-refractivity contribution >= 4 is 52.3 Å². The molecule has 0 aliphatic carbocycles. The number of anilines is 1. The number of amides is 2. The van der Waals surface area contributed by atoms with E-state index in [0.29, 0.717) is 30.6 Å². The van der Waals surface area contributed by atoms with Crippen LogP contribution in [-0.4, -0.2) is 33.3 Å². The summed E-state index contributed by atoms with van der Waals surface area (Å²) in [5, 5.41) is 14.2. The second-order valence-corrected chi connectivity index (χ2v) is 9.41. The molecule has 0 aliphatic heterocycles. The van der Waals surface area contributed by atoms with Crippen LogP contribution >= 0.6 is 34.8 Å². The molecule has 1 aromatic rings. The van der Waals surface area contributed by atoms with E-state index in [-0.39, 0.29) is 12.5 Å². The van der Waals surface area contributed by atoms with Crippen molar-refractivity contribution in [3.63, 3.8) is 0 Å². The number of hydrogen-bond donors (Lipinski definition) is 4. The van der Waals surface area contributed by atoms with E-state index in [1.807, 2.05) is 13.8 Å². The molecule has 0 bridgehead atoms. The Morgan fingerprint density at radius 1 is 1.19 bits per heavy atom. The molecule has 0 spiro atoms. The summed E-state index contributed by atoms with van der Waals surface area (Å²) in [6.45, 7) is 7.60. The van der Waals surface area contributed by atoms with Crippen LogP contribution in [0.3, 0.4) is 0 Å². The summed E-state index contributed by atoms with van der Waals surface area (Å²) >= 11 is 16.7. The maximum atomic E-state index is 15.0. The van der Waals surface area contributed by atoms with Crippen LogP contribution in [0, 0.1) is 11.8 Å². The Kier molecular flexibility index (Phi) is 14.8. The van der Waals surface area contributed by atoms with Gasteiger partial charge in [-0.15, -0.1) is 0 Å². The topological polar surface area (TPSA) is 104 Å². The second kappa shape index (κ2) is 15.5. The number of alkyl halides is 3. The van der Waals surface area contributed by atoms with Crippen molar-refractivity contribution in [3.8, 4) is 0 Å². The molecule has 2 unspecified atom stereocenters. The molecule has 10 heteroatoms. The highest BCUT2D eigenvalue weighted by molar-refractivity contribution is 6.76. The van der Waals surface area contributed by atoms with Crippen molar-refractivity contribution in [2.24, 2.45) is 17.6 Å². The number of hydrogen-bond acceptors (Lipinski definition) is 4. The second-order valence-electron chi connectivity index (χ2n) is 7.13. The molecule has 0 heterocycles. The molecular weight excluding hydrogens is 480 g/mol. The number of aliphatic hydroxyl groups excluding tert-OH is 1. The number of nitrogens with two attached hydrogens (primary N) is 1. The zero-order valence-corrected chi connectivity index (χ0v) is 21.1. The van der Waals surface area contributed by atoms with Crippen molar-refractivity contribution < 1.29 is 19.1 Å². The average molecular weight is 513 g/mol. The van der Waals surface area contributed by atoms with Crippen LogP contribution in [0.4, 0.5) is 10.1 Å². The number of rotatable bonds is 10. The fourth-order valence-electron chi connectivity index (χ4n) is 2.63. The standard InChI is InChI=1S/C20H27Cl3FN3O3.C2H6/c1-12(2)17(27-19(30)20(21,22)23)16(24)10-14(4-3-9-25)18(29)26-15-7-5-13(11-28)6-8-15;1-2/h5-8,10,12,14,17,28H,3-4,9,11,25H2,1-2H3,(H,26,29)(H,27,30);1-2H3/b16-10-;. The van der Waals surface area contributed by atoms with Crippen LogP contribution in [0.25, 0.3) is 0 Å². The molecule has 0 radical (unpaired) electrons. The van der Waals surface area contributed by atoms with E-state index in [9.17, 15) is 9.59 Å². The summed E-state index contributed by atoms with van der Waals surface area (Å²) in [6.07, 6.45) is 1.97. The summed E-state index contributed by atoms with van der Waals surface area (Å²) in [7, 11) is 0. The first kappa shape index (κ1) is 30.6. The van der Waals surface area contributed by atoms with Crippen molar-refractivity contribution in [1.29, 1.82) is 0 Å². The smallest absolute Gasteiger partial charge is 0.272 e. The van der Waals surface area contributed by atoms with Crippen molar-refractivity contribution in [1.82, 2.24) is 5.32 Å². The van der Waals surface area contributed by atoms with Gasteiger partial charge in [-0.25, -0.2) is 4.39 Å². The highest BCUT2D eigenvalue weighted by atomic mass is 35.6. The summed E-state index contributed by atoms with van der Waals surface area (Å²) in [6, 6.07) is 5.55.